The number of aryl methyl sites for hydroxylation is 2. The summed E-state index contributed by atoms with van der Waals surface area (Å²) in [6.07, 6.45) is 1.46. The molecule has 0 heterocycles. The van der Waals surface area contributed by atoms with Crippen molar-refractivity contribution in [3.05, 3.63) is 34.9 Å². The lowest BCUT2D eigenvalue weighted by Gasteiger charge is -2.18. The fraction of sp³-hybridized carbons (Fsp3) is 0.533. The van der Waals surface area contributed by atoms with E-state index in [1.165, 1.54) is 16.7 Å². The molecule has 0 saturated carbocycles. The molecule has 3 N–H and O–H groups in total. The van der Waals surface area contributed by atoms with Gasteiger partial charge in [0.1, 0.15) is 6.04 Å². The highest BCUT2D eigenvalue weighted by Crippen LogP contribution is 2.11. The predicted octanol–water partition coefficient (Wildman–Crippen LogP) is 1.58. The van der Waals surface area contributed by atoms with Crippen molar-refractivity contribution in [3.63, 3.8) is 0 Å². The van der Waals surface area contributed by atoms with Crippen LogP contribution in [-0.2, 0) is 11.2 Å². The summed E-state index contributed by atoms with van der Waals surface area (Å²) < 4.78 is 0. The van der Waals surface area contributed by atoms with E-state index in [4.69, 9.17) is 10.8 Å². The number of carbonyl (C=O) groups is 1. The number of aliphatic carboxylic acids is 1. The molecular weight excluding hydrogens is 240 g/mol. The zero-order valence-corrected chi connectivity index (χ0v) is 12.0. The Kier molecular flexibility index (Phi) is 5.99. The average molecular weight is 264 g/mol. The van der Waals surface area contributed by atoms with Crippen LogP contribution in [0, 0.1) is 13.8 Å². The fourth-order valence-corrected chi connectivity index (χ4v) is 2.03. The molecule has 0 aliphatic rings. The Morgan fingerprint density at radius 2 is 2.05 bits per heavy atom. The molecule has 0 aromatic heterocycles. The molecule has 106 valence electrons. The van der Waals surface area contributed by atoms with E-state index < -0.39 is 12.0 Å². The second-order valence-corrected chi connectivity index (χ2v) is 5.22. The molecule has 1 atom stereocenters. The second-order valence-electron chi connectivity index (χ2n) is 5.22. The summed E-state index contributed by atoms with van der Waals surface area (Å²) in [5.41, 5.74) is 9.43. The van der Waals surface area contributed by atoms with Crippen LogP contribution in [-0.4, -0.2) is 42.2 Å². The van der Waals surface area contributed by atoms with Gasteiger partial charge in [-0.2, -0.15) is 0 Å². The number of likely N-dealkylation sites (N-methyl/N-ethyl adjacent to an activating group) is 1. The van der Waals surface area contributed by atoms with Crippen molar-refractivity contribution >= 4 is 5.97 Å². The molecule has 1 unspecified atom stereocenters. The van der Waals surface area contributed by atoms with Gasteiger partial charge in [-0.05, 0) is 51.4 Å². The molecule has 0 bridgehead atoms. The third-order valence-corrected chi connectivity index (χ3v) is 3.40. The van der Waals surface area contributed by atoms with E-state index in [2.05, 4.69) is 36.9 Å². The van der Waals surface area contributed by atoms with Gasteiger partial charge in [0.2, 0.25) is 0 Å². The quantitative estimate of drug-likeness (QED) is 0.784. The highest BCUT2D eigenvalue weighted by molar-refractivity contribution is 5.72. The zero-order valence-electron chi connectivity index (χ0n) is 12.0. The van der Waals surface area contributed by atoms with Gasteiger partial charge in [0.05, 0.1) is 0 Å². The highest BCUT2D eigenvalue weighted by Gasteiger charge is 2.12. The maximum absolute atomic E-state index is 10.6. The van der Waals surface area contributed by atoms with E-state index in [0.717, 1.165) is 13.0 Å². The van der Waals surface area contributed by atoms with Gasteiger partial charge in [-0.15, -0.1) is 0 Å². The average Bonchev–Trinajstić information content (AvgIpc) is 2.34. The number of nitrogens with zero attached hydrogens (tertiary/aromatic N) is 1. The monoisotopic (exact) mass is 264 g/mol. The van der Waals surface area contributed by atoms with Crippen LogP contribution in [0.15, 0.2) is 18.2 Å². The standard InChI is InChI=1S/C15H24N2O2/c1-11-4-5-13(12(2)10-11)6-8-17(3)9-7-14(16)15(18)19/h4-5,10,14H,6-9,16H2,1-3H3,(H,18,19). The Morgan fingerprint density at radius 1 is 1.37 bits per heavy atom. The van der Waals surface area contributed by atoms with Crippen LogP contribution >= 0.6 is 0 Å². The van der Waals surface area contributed by atoms with E-state index in [1.54, 1.807) is 0 Å². The third-order valence-electron chi connectivity index (χ3n) is 3.40. The van der Waals surface area contributed by atoms with Crippen molar-refractivity contribution in [1.29, 1.82) is 0 Å². The minimum absolute atomic E-state index is 0.485. The molecule has 0 fully saturated rings. The number of benzene rings is 1. The van der Waals surface area contributed by atoms with Crippen molar-refractivity contribution in [3.8, 4) is 0 Å². The van der Waals surface area contributed by atoms with Crippen LogP contribution in [0.1, 0.15) is 23.1 Å². The van der Waals surface area contributed by atoms with Gasteiger partial charge in [-0.3, -0.25) is 4.79 Å². The summed E-state index contributed by atoms with van der Waals surface area (Å²) in [4.78, 5) is 12.8. The van der Waals surface area contributed by atoms with Gasteiger partial charge in [0.25, 0.3) is 0 Å². The third kappa shape index (κ3) is 5.41. The molecule has 0 amide bonds. The molecule has 1 aromatic rings. The van der Waals surface area contributed by atoms with Gasteiger partial charge in [-0.1, -0.05) is 23.8 Å². The lowest BCUT2D eigenvalue weighted by atomic mass is 10.0. The van der Waals surface area contributed by atoms with Crippen molar-refractivity contribution in [2.45, 2.75) is 32.7 Å². The summed E-state index contributed by atoms with van der Waals surface area (Å²) in [5.74, 6) is -0.928. The van der Waals surface area contributed by atoms with Crippen LogP contribution in [0.25, 0.3) is 0 Å². The second kappa shape index (κ2) is 7.26. The maximum atomic E-state index is 10.6. The fourth-order valence-electron chi connectivity index (χ4n) is 2.03. The van der Waals surface area contributed by atoms with Gasteiger partial charge in [0, 0.05) is 6.54 Å². The zero-order chi connectivity index (χ0) is 14.4. The molecule has 0 aliphatic heterocycles. The first-order valence-electron chi connectivity index (χ1n) is 6.63. The molecule has 4 heteroatoms. The van der Waals surface area contributed by atoms with E-state index in [1.807, 2.05) is 7.05 Å². The molecule has 0 saturated heterocycles. The van der Waals surface area contributed by atoms with E-state index >= 15 is 0 Å². The Balaban J connectivity index is 2.37. The molecule has 0 spiro atoms. The Labute approximate surface area is 115 Å². The Morgan fingerprint density at radius 3 is 2.63 bits per heavy atom. The highest BCUT2D eigenvalue weighted by atomic mass is 16.4. The number of nitrogens with two attached hydrogens (primary N) is 1. The molecule has 0 radical (unpaired) electrons. The summed E-state index contributed by atoms with van der Waals surface area (Å²) in [5, 5.41) is 8.72. The van der Waals surface area contributed by atoms with E-state index in [0.29, 0.717) is 13.0 Å². The summed E-state index contributed by atoms with van der Waals surface area (Å²) in [6.45, 7) is 5.84. The summed E-state index contributed by atoms with van der Waals surface area (Å²) in [6, 6.07) is 5.73. The normalized spacial score (nSPS) is 12.7. The number of hydrogen-bond donors (Lipinski definition) is 2. The SMILES string of the molecule is Cc1ccc(CCN(C)CCC(N)C(=O)O)c(C)c1. The minimum atomic E-state index is -0.928. The topological polar surface area (TPSA) is 66.6 Å². The molecule has 1 aromatic carbocycles. The van der Waals surface area contributed by atoms with E-state index in [-0.39, 0.29) is 0 Å². The number of rotatable bonds is 7. The van der Waals surface area contributed by atoms with Crippen molar-refractivity contribution in [1.82, 2.24) is 4.90 Å². The predicted molar refractivity (Wildman–Crippen MR) is 77.3 cm³/mol. The Bertz CT molecular complexity index is 432. The van der Waals surface area contributed by atoms with Crippen LogP contribution < -0.4 is 5.73 Å². The van der Waals surface area contributed by atoms with Gasteiger partial charge < -0.3 is 15.7 Å². The lowest BCUT2D eigenvalue weighted by molar-refractivity contribution is -0.138. The number of hydrogen-bond acceptors (Lipinski definition) is 3. The first-order chi connectivity index (χ1) is 8.90. The van der Waals surface area contributed by atoms with Crippen LogP contribution in [0.3, 0.4) is 0 Å². The molecule has 1 rings (SSSR count). The largest absolute Gasteiger partial charge is 0.480 e. The molecule has 0 aliphatic carbocycles. The Hall–Kier alpha value is -1.39. The molecular formula is C15H24N2O2. The van der Waals surface area contributed by atoms with Gasteiger partial charge >= 0.3 is 5.97 Å². The summed E-state index contributed by atoms with van der Waals surface area (Å²) >= 11 is 0. The van der Waals surface area contributed by atoms with E-state index in [9.17, 15) is 4.79 Å². The number of carboxylic acids is 1. The lowest BCUT2D eigenvalue weighted by Crippen LogP contribution is -2.34. The van der Waals surface area contributed by atoms with Crippen LogP contribution in [0.2, 0.25) is 0 Å². The smallest absolute Gasteiger partial charge is 0.320 e. The minimum Gasteiger partial charge on any atom is -0.480 e. The molecule has 19 heavy (non-hydrogen) atoms. The first kappa shape index (κ1) is 15.7. The van der Waals surface area contributed by atoms with Crippen molar-refractivity contribution in [2.75, 3.05) is 20.1 Å². The summed E-state index contributed by atoms with van der Waals surface area (Å²) in [7, 11) is 2.00. The van der Waals surface area contributed by atoms with Crippen molar-refractivity contribution < 1.29 is 9.90 Å². The van der Waals surface area contributed by atoms with Crippen molar-refractivity contribution in [2.24, 2.45) is 5.73 Å². The van der Waals surface area contributed by atoms with Crippen LogP contribution in [0.4, 0.5) is 0 Å². The first-order valence-corrected chi connectivity index (χ1v) is 6.63. The molecule has 4 nitrogen and oxygen atoms in total. The van der Waals surface area contributed by atoms with Crippen LogP contribution in [0.5, 0.6) is 0 Å². The van der Waals surface area contributed by atoms with Gasteiger partial charge in [-0.25, -0.2) is 0 Å². The number of carboxylic acid groups (broad SMARTS) is 1. The maximum Gasteiger partial charge on any atom is 0.320 e. The van der Waals surface area contributed by atoms with Gasteiger partial charge in [0.15, 0.2) is 0 Å².